The van der Waals surface area contributed by atoms with E-state index in [1.807, 2.05) is 48.5 Å². The molecular formula is C15H9IO2. The van der Waals surface area contributed by atoms with Crippen molar-refractivity contribution in [2.45, 2.75) is 0 Å². The third kappa shape index (κ3) is 2.06. The first-order valence-electron chi connectivity index (χ1n) is 5.53. The van der Waals surface area contributed by atoms with Crippen LogP contribution in [-0.4, -0.2) is 5.78 Å². The number of furan rings is 1. The minimum Gasteiger partial charge on any atom is -0.453 e. The molecule has 0 saturated heterocycles. The van der Waals surface area contributed by atoms with E-state index in [-0.39, 0.29) is 5.78 Å². The van der Waals surface area contributed by atoms with Crippen molar-refractivity contribution in [1.29, 1.82) is 0 Å². The van der Waals surface area contributed by atoms with Crippen LogP contribution in [0, 0.1) is 3.57 Å². The van der Waals surface area contributed by atoms with Gasteiger partial charge >= 0.3 is 0 Å². The summed E-state index contributed by atoms with van der Waals surface area (Å²) in [5.41, 5.74) is 1.39. The van der Waals surface area contributed by atoms with Gasteiger partial charge in [-0.3, -0.25) is 4.79 Å². The van der Waals surface area contributed by atoms with Crippen molar-refractivity contribution in [2.75, 3.05) is 0 Å². The van der Waals surface area contributed by atoms with Crippen LogP contribution in [0.2, 0.25) is 0 Å². The number of fused-ring (bicyclic) bond motifs is 1. The maximum absolute atomic E-state index is 12.2. The summed E-state index contributed by atoms with van der Waals surface area (Å²) in [6, 6.07) is 16.9. The van der Waals surface area contributed by atoms with Gasteiger partial charge in [0.05, 0.1) is 0 Å². The van der Waals surface area contributed by atoms with Crippen LogP contribution in [0.4, 0.5) is 0 Å². The minimum absolute atomic E-state index is 0.0809. The predicted octanol–water partition coefficient (Wildman–Crippen LogP) is 4.27. The second-order valence-electron chi connectivity index (χ2n) is 3.98. The van der Waals surface area contributed by atoms with Gasteiger partial charge in [0.15, 0.2) is 5.76 Å². The number of hydrogen-bond donors (Lipinski definition) is 0. The molecule has 0 spiro atoms. The first-order valence-corrected chi connectivity index (χ1v) is 6.61. The fourth-order valence-electron chi connectivity index (χ4n) is 1.84. The molecular weight excluding hydrogens is 339 g/mol. The fourth-order valence-corrected chi connectivity index (χ4v) is 2.20. The largest absolute Gasteiger partial charge is 0.453 e. The van der Waals surface area contributed by atoms with E-state index in [0.717, 1.165) is 14.5 Å². The van der Waals surface area contributed by atoms with E-state index in [1.54, 1.807) is 6.07 Å². The maximum Gasteiger partial charge on any atom is 0.228 e. The Bertz CT molecular complexity index is 678. The van der Waals surface area contributed by atoms with E-state index < -0.39 is 0 Å². The van der Waals surface area contributed by atoms with Gasteiger partial charge in [-0.1, -0.05) is 18.2 Å². The zero-order valence-electron chi connectivity index (χ0n) is 9.39. The van der Waals surface area contributed by atoms with Gasteiger partial charge in [-0.05, 0) is 59.0 Å². The average molecular weight is 348 g/mol. The summed E-state index contributed by atoms with van der Waals surface area (Å²) in [6.07, 6.45) is 0. The summed E-state index contributed by atoms with van der Waals surface area (Å²) in [4.78, 5) is 12.2. The van der Waals surface area contributed by atoms with Crippen molar-refractivity contribution in [3.05, 3.63) is 69.5 Å². The van der Waals surface area contributed by atoms with Crippen LogP contribution in [0.25, 0.3) is 11.0 Å². The number of halogens is 1. The number of ketones is 1. The quantitative estimate of drug-likeness (QED) is 0.512. The van der Waals surface area contributed by atoms with Gasteiger partial charge in [0.25, 0.3) is 0 Å². The molecule has 88 valence electrons. The lowest BCUT2D eigenvalue weighted by Crippen LogP contribution is -1.98. The maximum atomic E-state index is 12.2. The lowest BCUT2D eigenvalue weighted by atomic mass is 10.1. The Morgan fingerprint density at radius 2 is 1.72 bits per heavy atom. The summed E-state index contributed by atoms with van der Waals surface area (Å²) in [7, 11) is 0. The molecule has 1 heterocycles. The standard InChI is InChI=1S/C15H9IO2/c16-12-7-5-10(6-8-12)15(17)14-9-11-3-1-2-4-13(11)18-14/h1-9H. The molecule has 0 unspecified atom stereocenters. The second kappa shape index (κ2) is 4.57. The third-order valence-corrected chi connectivity index (χ3v) is 3.47. The predicted molar refractivity (Wildman–Crippen MR) is 78.8 cm³/mol. The zero-order chi connectivity index (χ0) is 12.5. The number of carbonyl (C=O) groups excluding carboxylic acids is 1. The molecule has 0 amide bonds. The van der Waals surface area contributed by atoms with Crippen molar-refractivity contribution >= 4 is 39.3 Å². The average Bonchev–Trinajstić information content (AvgIpc) is 2.82. The van der Waals surface area contributed by atoms with Crippen molar-refractivity contribution < 1.29 is 9.21 Å². The normalized spacial score (nSPS) is 10.7. The summed E-state index contributed by atoms with van der Waals surface area (Å²) in [5, 5.41) is 0.950. The summed E-state index contributed by atoms with van der Waals surface area (Å²) < 4.78 is 6.67. The van der Waals surface area contributed by atoms with E-state index >= 15 is 0 Å². The molecule has 0 atom stereocenters. The third-order valence-electron chi connectivity index (χ3n) is 2.76. The highest BCUT2D eigenvalue weighted by Crippen LogP contribution is 2.21. The lowest BCUT2D eigenvalue weighted by molar-refractivity contribution is 0.101. The van der Waals surface area contributed by atoms with Gasteiger partial charge in [-0.15, -0.1) is 0 Å². The molecule has 0 bridgehead atoms. The smallest absolute Gasteiger partial charge is 0.228 e. The minimum atomic E-state index is -0.0809. The molecule has 2 nitrogen and oxygen atoms in total. The molecule has 0 aliphatic rings. The van der Waals surface area contributed by atoms with Gasteiger partial charge in [0.2, 0.25) is 5.78 Å². The Balaban J connectivity index is 2.03. The fraction of sp³-hybridized carbons (Fsp3) is 0. The van der Waals surface area contributed by atoms with E-state index in [1.165, 1.54) is 0 Å². The molecule has 0 radical (unpaired) electrons. The van der Waals surface area contributed by atoms with Crippen LogP contribution in [0.15, 0.2) is 59.0 Å². The van der Waals surface area contributed by atoms with E-state index in [2.05, 4.69) is 22.6 Å². The molecule has 0 saturated carbocycles. The molecule has 0 N–H and O–H groups in total. The highest BCUT2D eigenvalue weighted by molar-refractivity contribution is 14.1. The van der Waals surface area contributed by atoms with Crippen LogP contribution in [0.5, 0.6) is 0 Å². The molecule has 3 rings (SSSR count). The second-order valence-corrected chi connectivity index (χ2v) is 5.23. The Morgan fingerprint density at radius 1 is 1.00 bits per heavy atom. The number of hydrogen-bond acceptors (Lipinski definition) is 2. The Morgan fingerprint density at radius 3 is 2.44 bits per heavy atom. The molecule has 0 fully saturated rings. The summed E-state index contributed by atoms with van der Waals surface area (Å²) in [5.74, 6) is 0.306. The van der Waals surface area contributed by atoms with Gasteiger partial charge in [-0.2, -0.15) is 0 Å². The molecule has 3 aromatic rings. The topological polar surface area (TPSA) is 30.2 Å². The Hall–Kier alpha value is -1.62. The van der Waals surface area contributed by atoms with E-state index in [0.29, 0.717) is 11.3 Å². The van der Waals surface area contributed by atoms with Crippen molar-refractivity contribution in [1.82, 2.24) is 0 Å². The molecule has 2 aromatic carbocycles. The number of carbonyl (C=O) groups is 1. The number of para-hydroxylation sites is 1. The molecule has 1 aromatic heterocycles. The molecule has 0 aliphatic carbocycles. The van der Waals surface area contributed by atoms with Crippen LogP contribution in [0.1, 0.15) is 16.1 Å². The SMILES string of the molecule is O=C(c1ccc(I)cc1)c1cc2ccccc2o1. The van der Waals surface area contributed by atoms with Crippen molar-refractivity contribution in [3.63, 3.8) is 0 Å². The van der Waals surface area contributed by atoms with E-state index in [9.17, 15) is 4.79 Å². The summed E-state index contributed by atoms with van der Waals surface area (Å²) >= 11 is 2.21. The molecule has 18 heavy (non-hydrogen) atoms. The van der Waals surface area contributed by atoms with Gasteiger partial charge < -0.3 is 4.42 Å². The Labute approximate surface area is 118 Å². The molecule has 3 heteroatoms. The van der Waals surface area contributed by atoms with Crippen molar-refractivity contribution in [2.24, 2.45) is 0 Å². The van der Waals surface area contributed by atoms with Crippen molar-refractivity contribution in [3.8, 4) is 0 Å². The first-order chi connectivity index (χ1) is 8.74. The first kappa shape index (κ1) is 11.5. The van der Waals surface area contributed by atoms with Gasteiger partial charge in [0.1, 0.15) is 5.58 Å². The van der Waals surface area contributed by atoms with Crippen LogP contribution < -0.4 is 0 Å². The Kier molecular flexibility index (Phi) is 2.91. The van der Waals surface area contributed by atoms with Crippen LogP contribution >= 0.6 is 22.6 Å². The van der Waals surface area contributed by atoms with Crippen LogP contribution in [-0.2, 0) is 0 Å². The van der Waals surface area contributed by atoms with Gasteiger partial charge in [0, 0.05) is 14.5 Å². The van der Waals surface area contributed by atoms with Gasteiger partial charge in [-0.25, -0.2) is 0 Å². The lowest BCUT2D eigenvalue weighted by Gasteiger charge is -1.97. The summed E-state index contributed by atoms with van der Waals surface area (Å²) in [6.45, 7) is 0. The van der Waals surface area contributed by atoms with E-state index in [4.69, 9.17) is 4.42 Å². The monoisotopic (exact) mass is 348 g/mol. The number of rotatable bonds is 2. The zero-order valence-corrected chi connectivity index (χ0v) is 11.5. The number of benzene rings is 2. The molecule has 0 aliphatic heterocycles. The highest BCUT2D eigenvalue weighted by Gasteiger charge is 2.13. The highest BCUT2D eigenvalue weighted by atomic mass is 127. The van der Waals surface area contributed by atoms with Crippen LogP contribution in [0.3, 0.4) is 0 Å².